The molecule has 0 fully saturated rings. The first-order valence-corrected chi connectivity index (χ1v) is 25.7. The predicted molar refractivity (Wildman–Crippen MR) is 307 cm³/mol. The molecule has 0 spiro atoms. The normalized spacial score (nSPS) is 13.0. The number of pyridine rings is 1. The highest BCUT2D eigenvalue weighted by molar-refractivity contribution is 6.10. The van der Waals surface area contributed by atoms with Gasteiger partial charge in [0.15, 0.2) is 0 Å². The largest absolute Gasteiger partial charge is 0.457 e. The van der Waals surface area contributed by atoms with Crippen molar-refractivity contribution in [2.24, 2.45) is 0 Å². The molecule has 6 aromatic carbocycles. The summed E-state index contributed by atoms with van der Waals surface area (Å²) in [4.78, 5) is 7.28. The summed E-state index contributed by atoms with van der Waals surface area (Å²) in [6.45, 7) is 41.2. The first-order valence-electron chi connectivity index (χ1n) is 25.7. The molecule has 71 heavy (non-hydrogen) atoms. The summed E-state index contributed by atoms with van der Waals surface area (Å²) in [5.74, 6) is 2.40. The van der Waals surface area contributed by atoms with Gasteiger partial charge in [-0.15, -0.1) is 0 Å². The van der Waals surface area contributed by atoms with Crippen LogP contribution >= 0.6 is 0 Å². The Morgan fingerprint density at radius 1 is 0.437 bits per heavy atom. The van der Waals surface area contributed by atoms with Crippen LogP contribution in [-0.4, -0.2) is 16.6 Å². The van der Waals surface area contributed by atoms with Gasteiger partial charge in [0.2, 0.25) is 0 Å². The van der Waals surface area contributed by atoms with Gasteiger partial charge in [0.05, 0.1) is 22.4 Å². The zero-order chi connectivity index (χ0) is 51.8. The molecule has 0 unspecified atom stereocenters. The maximum atomic E-state index is 6.86. The molecular weight excluding hydrogens is 865 g/mol. The van der Waals surface area contributed by atoms with E-state index in [-0.39, 0.29) is 32.5 Å². The van der Waals surface area contributed by atoms with Gasteiger partial charge in [-0.25, -0.2) is 4.98 Å². The van der Waals surface area contributed by atoms with E-state index in [1.54, 1.807) is 0 Å². The molecule has 5 heteroatoms. The molecule has 0 aliphatic heterocycles. The summed E-state index contributed by atoms with van der Waals surface area (Å²) in [5.41, 5.74) is 16.6. The second-order valence-corrected chi connectivity index (χ2v) is 26.3. The van der Waals surface area contributed by atoms with E-state index in [0.717, 1.165) is 56.5 Å². The van der Waals surface area contributed by atoms with Gasteiger partial charge in [-0.3, -0.25) is 4.57 Å². The Hall–Kier alpha value is -6.33. The van der Waals surface area contributed by atoms with Gasteiger partial charge in [0, 0.05) is 47.5 Å². The lowest BCUT2D eigenvalue weighted by atomic mass is 9.79. The Bertz CT molecular complexity index is 3210. The van der Waals surface area contributed by atoms with Gasteiger partial charge in [0.25, 0.3) is 0 Å². The number of hydrogen-bond donors (Lipinski definition) is 1. The number of nitrogens with one attached hydrogen (secondary N) is 1. The molecule has 1 N–H and O–H groups in total. The maximum Gasteiger partial charge on any atom is 0.137 e. The van der Waals surface area contributed by atoms with Crippen molar-refractivity contribution < 1.29 is 4.74 Å². The van der Waals surface area contributed by atoms with E-state index in [9.17, 15) is 0 Å². The van der Waals surface area contributed by atoms with E-state index in [0.29, 0.717) is 0 Å². The lowest BCUT2D eigenvalue weighted by molar-refractivity contribution is 0.483. The van der Waals surface area contributed by atoms with Crippen LogP contribution in [0, 0.1) is 0 Å². The number of benzene rings is 6. The minimum absolute atomic E-state index is 0.000254. The van der Waals surface area contributed by atoms with E-state index in [4.69, 9.17) is 9.72 Å². The van der Waals surface area contributed by atoms with Gasteiger partial charge in [-0.2, -0.15) is 0 Å². The summed E-state index contributed by atoms with van der Waals surface area (Å²) in [6.07, 6.45) is 1.94. The summed E-state index contributed by atoms with van der Waals surface area (Å²) >= 11 is 0. The molecular formula is C66H80N4O. The van der Waals surface area contributed by atoms with Crippen molar-refractivity contribution in [1.82, 2.24) is 9.55 Å². The van der Waals surface area contributed by atoms with Gasteiger partial charge in [0.1, 0.15) is 17.3 Å². The highest BCUT2D eigenvalue weighted by atomic mass is 16.5. The average Bonchev–Trinajstić information content (AvgIpc) is 3.59. The Morgan fingerprint density at radius 2 is 0.986 bits per heavy atom. The Kier molecular flexibility index (Phi) is 13.0. The second-order valence-electron chi connectivity index (χ2n) is 26.3. The van der Waals surface area contributed by atoms with Crippen LogP contribution in [0.3, 0.4) is 0 Å². The monoisotopic (exact) mass is 945 g/mol. The molecule has 0 amide bonds. The molecule has 0 atom stereocenters. The first-order chi connectivity index (χ1) is 32.8. The Balaban J connectivity index is 1.21. The van der Waals surface area contributed by atoms with E-state index in [1.807, 2.05) is 12.3 Å². The molecule has 5 nitrogen and oxygen atoms in total. The van der Waals surface area contributed by atoms with Crippen LogP contribution in [0.4, 0.5) is 22.7 Å². The van der Waals surface area contributed by atoms with Crippen molar-refractivity contribution in [2.45, 2.75) is 157 Å². The quantitative estimate of drug-likeness (QED) is 0.165. The lowest BCUT2D eigenvalue weighted by Crippen LogP contribution is -2.17. The molecule has 0 saturated heterocycles. The van der Waals surface area contributed by atoms with Crippen molar-refractivity contribution in [3.8, 4) is 28.4 Å². The maximum absolute atomic E-state index is 6.86. The highest BCUT2D eigenvalue weighted by Gasteiger charge is 2.25. The molecule has 0 bridgehead atoms. The Labute approximate surface area is 426 Å². The van der Waals surface area contributed by atoms with Crippen molar-refractivity contribution in [1.29, 1.82) is 0 Å². The summed E-state index contributed by atoms with van der Waals surface area (Å²) in [6, 6.07) is 47.2. The van der Waals surface area contributed by atoms with Crippen LogP contribution in [0.2, 0.25) is 0 Å². The van der Waals surface area contributed by atoms with Crippen molar-refractivity contribution in [3.05, 3.63) is 167 Å². The molecule has 8 aromatic rings. The third-order valence-corrected chi connectivity index (χ3v) is 14.2. The van der Waals surface area contributed by atoms with E-state index >= 15 is 0 Å². The van der Waals surface area contributed by atoms with Crippen molar-refractivity contribution in [2.75, 3.05) is 17.3 Å². The first kappa shape index (κ1) is 51.0. The fourth-order valence-electron chi connectivity index (χ4n) is 9.31. The molecule has 370 valence electrons. The van der Waals surface area contributed by atoms with Crippen LogP contribution in [0.15, 0.2) is 134 Å². The summed E-state index contributed by atoms with van der Waals surface area (Å²) in [5, 5.41) is 6.25. The van der Waals surface area contributed by atoms with Gasteiger partial charge >= 0.3 is 0 Å². The number of anilines is 4. The molecule has 0 saturated carbocycles. The smallest absolute Gasteiger partial charge is 0.137 e. The van der Waals surface area contributed by atoms with Crippen LogP contribution in [0.25, 0.3) is 38.8 Å². The van der Waals surface area contributed by atoms with Gasteiger partial charge in [-0.05, 0) is 150 Å². The van der Waals surface area contributed by atoms with Crippen molar-refractivity contribution in [3.63, 3.8) is 0 Å². The molecule has 0 aliphatic carbocycles. The molecule has 0 radical (unpaired) electrons. The van der Waals surface area contributed by atoms with E-state index in [2.05, 4.69) is 268 Å². The fraction of sp³-hybridized carbons (Fsp3) is 0.379. The Morgan fingerprint density at radius 3 is 1.56 bits per heavy atom. The van der Waals surface area contributed by atoms with Crippen LogP contribution in [-0.2, 0) is 32.5 Å². The van der Waals surface area contributed by atoms with Crippen molar-refractivity contribution >= 4 is 44.6 Å². The fourth-order valence-corrected chi connectivity index (χ4v) is 9.31. The molecule has 0 aliphatic rings. The van der Waals surface area contributed by atoms with E-state index < -0.39 is 0 Å². The predicted octanol–water partition coefficient (Wildman–Crippen LogP) is 18.9. The third kappa shape index (κ3) is 11.0. The number of hydrogen-bond acceptors (Lipinski definition) is 4. The molecule has 8 rings (SSSR count). The van der Waals surface area contributed by atoms with Crippen LogP contribution < -0.4 is 15.0 Å². The lowest BCUT2D eigenvalue weighted by Gasteiger charge is -2.29. The standard InChI is InChI=1S/C66H80N4O/c1-61(2,3)44-24-28-58(56(38-44)68-50-36-48(65(13,14)15)35-49(37-50)66(16,17)18)69(19)51-21-20-22-52(40-51)71-53-25-26-54-55-33-42(43-31-46(63(7,8)9)34-47(32-43)64(10,11)12)23-27-57(55)70(59(54)41-53)60-39-45(29-30-67-60)62(4,5)6/h20-41,68H,1-19H3. The zero-order valence-electron chi connectivity index (χ0n) is 46.5. The zero-order valence-corrected chi connectivity index (χ0v) is 46.5. The third-order valence-electron chi connectivity index (χ3n) is 14.2. The van der Waals surface area contributed by atoms with Gasteiger partial charge in [-0.1, -0.05) is 167 Å². The second kappa shape index (κ2) is 18.1. The minimum atomic E-state index is -0.0442. The number of nitrogens with zero attached hydrogens (tertiary/aromatic N) is 3. The summed E-state index contributed by atoms with van der Waals surface area (Å²) < 4.78 is 9.17. The number of aromatic nitrogens is 2. The summed E-state index contributed by atoms with van der Waals surface area (Å²) in [7, 11) is 2.14. The highest BCUT2D eigenvalue weighted by Crippen LogP contribution is 2.43. The van der Waals surface area contributed by atoms with E-state index in [1.165, 1.54) is 49.9 Å². The van der Waals surface area contributed by atoms with Crippen LogP contribution in [0.5, 0.6) is 11.5 Å². The number of ether oxygens (including phenoxy) is 1. The topological polar surface area (TPSA) is 42.3 Å². The molecule has 2 aromatic heterocycles. The van der Waals surface area contributed by atoms with Crippen LogP contribution in [0.1, 0.15) is 158 Å². The SMILES string of the molecule is CN(c1cccc(Oc2ccc3c4cc(-c5cc(C(C)(C)C)cc(C(C)(C)C)c5)ccc4n(-c4cc(C(C)(C)C)ccn4)c3c2)c1)c1ccc(C(C)(C)C)cc1Nc1cc(C(C)(C)C)cc(C(C)(C)C)c1. The minimum Gasteiger partial charge on any atom is -0.457 e. The average molecular weight is 945 g/mol. The number of fused-ring (bicyclic) bond motifs is 3. The van der Waals surface area contributed by atoms with Gasteiger partial charge < -0.3 is 15.0 Å². The number of rotatable bonds is 8. The molecule has 2 heterocycles.